The molecular formula is C14H17N3O. The number of hydrogen-bond acceptors (Lipinski definition) is 3. The fourth-order valence-corrected chi connectivity index (χ4v) is 2.51. The fraction of sp³-hybridized carbons (Fsp3) is 0.429. The largest absolute Gasteiger partial charge is 0.316 e. The molecule has 1 aliphatic rings. The van der Waals surface area contributed by atoms with E-state index in [1.165, 1.54) is 0 Å². The zero-order valence-electron chi connectivity index (χ0n) is 10.7. The van der Waals surface area contributed by atoms with Gasteiger partial charge in [0.25, 0.3) is 0 Å². The number of fused-ring (bicyclic) bond motifs is 1. The summed E-state index contributed by atoms with van der Waals surface area (Å²) in [6.07, 6.45) is 1.14. The van der Waals surface area contributed by atoms with Crippen LogP contribution in [0.3, 0.4) is 0 Å². The van der Waals surface area contributed by atoms with E-state index in [2.05, 4.69) is 6.07 Å². The van der Waals surface area contributed by atoms with Crippen LogP contribution in [-0.4, -0.2) is 12.5 Å². The Bertz CT molecular complexity index is 531. The average Bonchev–Trinajstić information content (AvgIpc) is 2.60. The second kappa shape index (κ2) is 4.79. The van der Waals surface area contributed by atoms with Crippen LogP contribution in [0.15, 0.2) is 12.1 Å². The first-order chi connectivity index (χ1) is 8.57. The summed E-state index contributed by atoms with van der Waals surface area (Å²) in [6.45, 7) is 4.53. The lowest BCUT2D eigenvalue weighted by atomic mass is 10.00. The molecule has 1 aromatic carbocycles. The lowest BCUT2D eigenvalue weighted by Crippen LogP contribution is -2.32. The summed E-state index contributed by atoms with van der Waals surface area (Å²) in [6, 6.07) is 5.56. The number of aryl methyl sites for hydroxylation is 2. The number of rotatable bonds is 3. The summed E-state index contributed by atoms with van der Waals surface area (Å²) in [4.78, 5) is 13.9. The number of nitrogens with zero attached hydrogens (tertiary/aromatic N) is 2. The van der Waals surface area contributed by atoms with Crippen molar-refractivity contribution < 1.29 is 4.79 Å². The lowest BCUT2D eigenvalue weighted by Gasteiger charge is -2.19. The van der Waals surface area contributed by atoms with Crippen molar-refractivity contribution in [3.8, 4) is 6.07 Å². The first kappa shape index (κ1) is 12.6. The van der Waals surface area contributed by atoms with Gasteiger partial charge in [-0.05, 0) is 31.4 Å². The van der Waals surface area contributed by atoms with Crippen molar-refractivity contribution in [3.63, 3.8) is 0 Å². The molecule has 2 N–H and O–H groups in total. The maximum absolute atomic E-state index is 12.2. The Labute approximate surface area is 107 Å². The average molecular weight is 243 g/mol. The molecule has 18 heavy (non-hydrogen) atoms. The number of unbranched alkanes of at least 4 members (excludes halogenated alkanes) is 1. The molecule has 1 unspecified atom stereocenters. The van der Waals surface area contributed by atoms with Gasteiger partial charge in [-0.15, -0.1) is 0 Å². The predicted octanol–water partition coefficient (Wildman–Crippen LogP) is 1.95. The second-order valence-corrected chi connectivity index (χ2v) is 4.69. The van der Waals surface area contributed by atoms with Crippen LogP contribution in [-0.2, 0) is 4.79 Å². The Morgan fingerprint density at radius 1 is 1.39 bits per heavy atom. The van der Waals surface area contributed by atoms with Crippen LogP contribution >= 0.6 is 0 Å². The first-order valence-corrected chi connectivity index (χ1v) is 6.12. The molecule has 1 amide bonds. The van der Waals surface area contributed by atoms with Crippen LogP contribution in [0, 0.1) is 25.2 Å². The molecule has 2 rings (SSSR count). The van der Waals surface area contributed by atoms with Crippen molar-refractivity contribution in [2.45, 2.75) is 32.7 Å². The maximum Gasteiger partial charge on any atom is 0.248 e. The second-order valence-electron chi connectivity index (χ2n) is 4.69. The van der Waals surface area contributed by atoms with E-state index in [1.807, 2.05) is 26.0 Å². The normalized spacial score (nSPS) is 17.8. The Morgan fingerprint density at radius 3 is 2.72 bits per heavy atom. The highest BCUT2D eigenvalue weighted by Crippen LogP contribution is 2.39. The summed E-state index contributed by atoms with van der Waals surface area (Å²) in [7, 11) is 0. The molecule has 1 heterocycles. The molecule has 4 heteroatoms. The predicted molar refractivity (Wildman–Crippen MR) is 70.0 cm³/mol. The van der Waals surface area contributed by atoms with Crippen LogP contribution in [0.2, 0.25) is 0 Å². The molecular weight excluding hydrogens is 226 g/mol. The molecule has 1 aromatic rings. The van der Waals surface area contributed by atoms with Crippen LogP contribution in [0.1, 0.15) is 35.6 Å². The molecule has 0 aliphatic carbocycles. The van der Waals surface area contributed by atoms with Gasteiger partial charge in [-0.3, -0.25) is 4.79 Å². The number of amides is 1. The topological polar surface area (TPSA) is 70.1 Å². The number of nitriles is 1. The Kier molecular flexibility index (Phi) is 3.35. The molecule has 4 nitrogen and oxygen atoms in total. The molecule has 0 spiro atoms. The molecule has 0 fully saturated rings. The molecule has 0 aromatic heterocycles. The number of nitrogens with two attached hydrogens (primary N) is 1. The number of carbonyl (C=O) groups excluding carboxylic acids is 1. The number of carbonyl (C=O) groups is 1. The van der Waals surface area contributed by atoms with E-state index in [1.54, 1.807) is 4.90 Å². The Morgan fingerprint density at radius 2 is 2.06 bits per heavy atom. The van der Waals surface area contributed by atoms with Gasteiger partial charge < -0.3 is 10.6 Å². The third kappa shape index (κ3) is 1.87. The minimum atomic E-state index is -0.554. The smallest absolute Gasteiger partial charge is 0.248 e. The molecule has 0 radical (unpaired) electrons. The van der Waals surface area contributed by atoms with Gasteiger partial charge in [-0.25, -0.2) is 0 Å². The summed E-state index contributed by atoms with van der Waals surface area (Å²) in [5.74, 6) is -0.0552. The van der Waals surface area contributed by atoms with Gasteiger partial charge in [0.2, 0.25) is 5.91 Å². The highest BCUT2D eigenvalue weighted by atomic mass is 16.2. The highest BCUT2D eigenvalue weighted by Gasteiger charge is 2.36. The summed E-state index contributed by atoms with van der Waals surface area (Å²) in [5, 5.41) is 8.57. The molecule has 0 saturated heterocycles. The van der Waals surface area contributed by atoms with Crippen molar-refractivity contribution in [1.29, 1.82) is 5.26 Å². The summed E-state index contributed by atoms with van der Waals surface area (Å²) >= 11 is 0. The number of hydrogen-bond donors (Lipinski definition) is 1. The van der Waals surface area contributed by atoms with Crippen LogP contribution < -0.4 is 10.6 Å². The minimum Gasteiger partial charge on any atom is -0.316 e. The van der Waals surface area contributed by atoms with Crippen LogP contribution in [0.5, 0.6) is 0 Å². The van der Waals surface area contributed by atoms with Gasteiger partial charge in [0.1, 0.15) is 6.04 Å². The minimum absolute atomic E-state index is 0.0552. The van der Waals surface area contributed by atoms with Crippen molar-refractivity contribution in [2.75, 3.05) is 11.4 Å². The van der Waals surface area contributed by atoms with Crippen molar-refractivity contribution in [1.82, 2.24) is 0 Å². The third-order valence-corrected chi connectivity index (χ3v) is 3.42. The van der Waals surface area contributed by atoms with E-state index in [-0.39, 0.29) is 5.91 Å². The highest BCUT2D eigenvalue weighted by molar-refractivity contribution is 6.05. The molecule has 0 bridgehead atoms. The number of anilines is 1. The van der Waals surface area contributed by atoms with E-state index in [4.69, 9.17) is 11.0 Å². The van der Waals surface area contributed by atoms with Crippen LogP contribution in [0.4, 0.5) is 5.69 Å². The van der Waals surface area contributed by atoms with Crippen molar-refractivity contribution in [3.05, 3.63) is 28.8 Å². The van der Waals surface area contributed by atoms with Gasteiger partial charge in [0, 0.05) is 18.5 Å². The van der Waals surface area contributed by atoms with E-state index in [9.17, 15) is 4.79 Å². The van der Waals surface area contributed by atoms with Gasteiger partial charge >= 0.3 is 0 Å². The van der Waals surface area contributed by atoms with Crippen molar-refractivity contribution in [2.24, 2.45) is 5.73 Å². The lowest BCUT2D eigenvalue weighted by molar-refractivity contribution is -0.119. The van der Waals surface area contributed by atoms with Gasteiger partial charge in [0.05, 0.1) is 11.8 Å². The van der Waals surface area contributed by atoms with E-state index >= 15 is 0 Å². The zero-order valence-corrected chi connectivity index (χ0v) is 10.7. The van der Waals surface area contributed by atoms with Crippen molar-refractivity contribution >= 4 is 11.6 Å². The van der Waals surface area contributed by atoms with E-state index < -0.39 is 6.04 Å². The van der Waals surface area contributed by atoms with E-state index in [0.29, 0.717) is 19.4 Å². The standard InChI is InChI=1S/C14H17N3O/c1-9-5-6-10(2)13-11(9)12(16)14(18)17(13)8-4-3-7-15/h5-6,12H,3-4,8,16H2,1-2H3. The van der Waals surface area contributed by atoms with Gasteiger partial charge in [0.15, 0.2) is 0 Å². The first-order valence-electron chi connectivity index (χ1n) is 6.12. The fourth-order valence-electron chi connectivity index (χ4n) is 2.51. The summed E-state index contributed by atoms with van der Waals surface area (Å²) < 4.78 is 0. The third-order valence-electron chi connectivity index (χ3n) is 3.42. The van der Waals surface area contributed by atoms with Crippen LogP contribution in [0.25, 0.3) is 0 Å². The SMILES string of the molecule is Cc1ccc(C)c2c1C(N)C(=O)N2CCCC#N. The molecule has 1 aliphatic heterocycles. The van der Waals surface area contributed by atoms with Gasteiger partial charge in [-0.2, -0.15) is 5.26 Å². The molecule has 94 valence electrons. The number of benzene rings is 1. The monoisotopic (exact) mass is 243 g/mol. The van der Waals surface area contributed by atoms with Gasteiger partial charge in [-0.1, -0.05) is 12.1 Å². The molecule has 1 atom stereocenters. The molecule has 0 saturated carbocycles. The summed E-state index contributed by atoms with van der Waals surface area (Å²) in [5.41, 5.74) is 10.0. The Hall–Kier alpha value is -1.86. The maximum atomic E-state index is 12.2. The Balaban J connectivity index is 2.39. The van der Waals surface area contributed by atoms with E-state index in [0.717, 1.165) is 22.4 Å². The zero-order chi connectivity index (χ0) is 13.3. The quantitative estimate of drug-likeness (QED) is 0.825.